The molecule has 7 nitrogen and oxygen atoms in total. The highest BCUT2D eigenvalue weighted by atomic mass is 16.5. The molecule has 7 heteroatoms. The van der Waals surface area contributed by atoms with Crippen LogP contribution in [0.5, 0.6) is 17.2 Å². The van der Waals surface area contributed by atoms with E-state index in [-0.39, 0.29) is 17.9 Å². The van der Waals surface area contributed by atoms with Gasteiger partial charge in [0.2, 0.25) is 5.91 Å². The van der Waals surface area contributed by atoms with Crippen molar-refractivity contribution in [3.05, 3.63) is 53.6 Å². The van der Waals surface area contributed by atoms with Gasteiger partial charge in [0.05, 0.1) is 32.8 Å². The first-order valence-corrected chi connectivity index (χ1v) is 10.4. The second-order valence-corrected chi connectivity index (χ2v) is 7.28. The highest BCUT2D eigenvalue weighted by Crippen LogP contribution is 2.28. The summed E-state index contributed by atoms with van der Waals surface area (Å²) >= 11 is 0. The van der Waals surface area contributed by atoms with Crippen LogP contribution in [0.1, 0.15) is 36.9 Å². The molecule has 3 rings (SSSR count). The summed E-state index contributed by atoms with van der Waals surface area (Å²) in [6, 6.07) is 13.4. The third-order valence-corrected chi connectivity index (χ3v) is 5.27. The first-order chi connectivity index (χ1) is 14.7. The van der Waals surface area contributed by atoms with Gasteiger partial charge < -0.3 is 19.5 Å². The van der Waals surface area contributed by atoms with Crippen molar-refractivity contribution in [3.63, 3.8) is 0 Å². The van der Waals surface area contributed by atoms with Gasteiger partial charge in [-0.05, 0) is 42.3 Å². The fourth-order valence-corrected chi connectivity index (χ4v) is 3.50. The van der Waals surface area contributed by atoms with Crippen LogP contribution in [0, 0.1) is 5.92 Å². The van der Waals surface area contributed by atoms with Crippen LogP contribution in [0.15, 0.2) is 42.5 Å². The van der Waals surface area contributed by atoms with Crippen molar-refractivity contribution in [2.75, 3.05) is 27.4 Å². The van der Waals surface area contributed by atoms with Crippen molar-refractivity contribution in [1.82, 2.24) is 16.2 Å². The maximum Gasteiger partial charge on any atom is 0.226 e. The largest absolute Gasteiger partial charge is 0.497 e. The molecule has 1 heterocycles. The Morgan fingerprint density at radius 1 is 1.10 bits per heavy atom. The highest BCUT2D eigenvalue weighted by molar-refractivity contribution is 5.80. The first kappa shape index (κ1) is 21.9. The summed E-state index contributed by atoms with van der Waals surface area (Å²) in [5.41, 5.74) is 8.24. The highest BCUT2D eigenvalue weighted by Gasteiger charge is 2.33. The zero-order valence-corrected chi connectivity index (χ0v) is 17.9. The first-order valence-electron chi connectivity index (χ1n) is 10.4. The lowest BCUT2D eigenvalue weighted by Crippen LogP contribution is -2.34. The summed E-state index contributed by atoms with van der Waals surface area (Å²) in [6.07, 6.45) is 2.14. The molecule has 3 N–H and O–H groups in total. The number of methoxy groups -OCH3 is 2. The second-order valence-electron chi connectivity index (χ2n) is 7.28. The van der Waals surface area contributed by atoms with Gasteiger partial charge in [0.15, 0.2) is 0 Å². The topological polar surface area (TPSA) is 80.9 Å². The molecule has 1 fully saturated rings. The van der Waals surface area contributed by atoms with Crippen molar-refractivity contribution in [3.8, 4) is 17.2 Å². The van der Waals surface area contributed by atoms with Crippen LogP contribution in [0.4, 0.5) is 0 Å². The minimum atomic E-state index is -0.228. The lowest BCUT2D eigenvalue weighted by atomic mass is 9.94. The molecule has 0 saturated carbocycles. The van der Waals surface area contributed by atoms with Crippen LogP contribution >= 0.6 is 0 Å². The average Bonchev–Trinajstić information content (AvgIpc) is 3.28. The van der Waals surface area contributed by atoms with Gasteiger partial charge in [-0.25, -0.2) is 5.43 Å². The van der Waals surface area contributed by atoms with Crippen LogP contribution in [-0.2, 0) is 11.3 Å². The zero-order chi connectivity index (χ0) is 21.3. The van der Waals surface area contributed by atoms with E-state index in [1.807, 2.05) is 42.5 Å². The standard InChI is InChI=1S/C23H31N3O4/c1-4-5-12-30-18-8-6-16(7-9-18)22-20(15-25-26-22)23(27)24-14-17-13-19(28-2)10-11-21(17)29-3/h6-11,13,20,22,25-26H,4-5,12,14-15H2,1-3H3,(H,24,27). The molecule has 0 aromatic heterocycles. The van der Waals surface area contributed by atoms with E-state index in [1.165, 1.54) is 0 Å². The van der Waals surface area contributed by atoms with Crippen molar-refractivity contribution in [1.29, 1.82) is 0 Å². The predicted molar refractivity (Wildman–Crippen MR) is 116 cm³/mol. The number of hydrazine groups is 1. The Kier molecular flexibility index (Phi) is 7.93. The molecule has 0 spiro atoms. The molecule has 0 aliphatic carbocycles. The SMILES string of the molecule is CCCCOc1ccc(C2NNCC2C(=O)NCc2cc(OC)ccc2OC)cc1. The van der Waals surface area contributed by atoms with Gasteiger partial charge in [-0.15, -0.1) is 0 Å². The lowest BCUT2D eigenvalue weighted by molar-refractivity contribution is -0.125. The summed E-state index contributed by atoms with van der Waals surface area (Å²) in [7, 11) is 3.23. The number of carbonyl (C=O) groups excluding carboxylic acids is 1. The van der Waals surface area contributed by atoms with Gasteiger partial charge in [0, 0.05) is 18.7 Å². The number of unbranched alkanes of at least 4 members (excludes halogenated alkanes) is 1. The number of benzene rings is 2. The van der Waals surface area contributed by atoms with Crippen LogP contribution in [0.3, 0.4) is 0 Å². The summed E-state index contributed by atoms with van der Waals surface area (Å²) in [6.45, 7) is 3.78. The summed E-state index contributed by atoms with van der Waals surface area (Å²) in [5, 5.41) is 3.03. The number of amides is 1. The Morgan fingerprint density at radius 3 is 2.57 bits per heavy atom. The van der Waals surface area contributed by atoms with Crippen molar-refractivity contribution in [2.45, 2.75) is 32.4 Å². The van der Waals surface area contributed by atoms with E-state index in [2.05, 4.69) is 23.1 Å². The van der Waals surface area contributed by atoms with E-state index in [0.717, 1.165) is 42.1 Å². The van der Waals surface area contributed by atoms with E-state index < -0.39 is 0 Å². The molecule has 30 heavy (non-hydrogen) atoms. The van der Waals surface area contributed by atoms with Gasteiger partial charge in [-0.1, -0.05) is 25.5 Å². The average molecular weight is 414 g/mol. The fourth-order valence-electron chi connectivity index (χ4n) is 3.50. The number of rotatable bonds is 10. The quantitative estimate of drug-likeness (QED) is 0.520. The maximum absolute atomic E-state index is 12.9. The molecule has 1 aliphatic heterocycles. The zero-order valence-electron chi connectivity index (χ0n) is 17.9. The third-order valence-electron chi connectivity index (χ3n) is 5.27. The summed E-state index contributed by atoms with van der Waals surface area (Å²) < 4.78 is 16.4. The molecule has 0 radical (unpaired) electrons. The van der Waals surface area contributed by atoms with Crippen LogP contribution in [-0.4, -0.2) is 33.3 Å². The smallest absolute Gasteiger partial charge is 0.226 e. The summed E-state index contributed by atoms with van der Waals surface area (Å²) in [5.74, 6) is 2.04. The Morgan fingerprint density at radius 2 is 1.87 bits per heavy atom. The number of carbonyl (C=O) groups is 1. The van der Waals surface area contributed by atoms with Crippen LogP contribution in [0.2, 0.25) is 0 Å². The molecule has 0 bridgehead atoms. The predicted octanol–water partition coefficient (Wildman–Crippen LogP) is 2.96. The minimum Gasteiger partial charge on any atom is -0.497 e. The molecule has 2 aromatic carbocycles. The Balaban J connectivity index is 1.62. The van der Waals surface area contributed by atoms with E-state index in [9.17, 15) is 4.79 Å². The second kappa shape index (κ2) is 10.8. The molecule has 2 unspecified atom stereocenters. The Labute approximate surface area is 178 Å². The molecular formula is C23H31N3O4. The van der Waals surface area contributed by atoms with E-state index in [0.29, 0.717) is 18.8 Å². The molecular weight excluding hydrogens is 382 g/mol. The minimum absolute atomic E-state index is 0.0226. The maximum atomic E-state index is 12.9. The van der Waals surface area contributed by atoms with Gasteiger partial charge in [-0.2, -0.15) is 0 Å². The molecule has 2 aromatic rings. The lowest BCUT2D eigenvalue weighted by Gasteiger charge is -2.19. The van der Waals surface area contributed by atoms with Gasteiger partial charge in [-0.3, -0.25) is 10.2 Å². The Bertz CT molecular complexity index is 826. The monoisotopic (exact) mass is 413 g/mol. The molecule has 1 saturated heterocycles. The molecule has 162 valence electrons. The number of hydrogen-bond donors (Lipinski definition) is 3. The third kappa shape index (κ3) is 5.43. The van der Waals surface area contributed by atoms with Crippen LogP contribution in [0.25, 0.3) is 0 Å². The van der Waals surface area contributed by atoms with E-state index in [1.54, 1.807) is 14.2 Å². The summed E-state index contributed by atoms with van der Waals surface area (Å²) in [4.78, 5) is 12.9. The number of nitrogens with one attached hydrogen (secondary N) is 3. The van der Waals surface area contributed by atoms with Crippen LogP contribution < -0.4 is 30.4 Å². The molecule has 1 amide bonds. The number of hydrogen-bond acceptors (Lipinski definition) is 6. The van der Waals surface area contributed by atoms with Crippen molar-refractivity contribution >= 4 is 5.91 Å². The number of ether oxygens (including phenoxy) is 3. The van der Waals surface area contributed by atoms with Gasteiger partial charge in [0.1, 0.15) is 17.2 Å². The van der Waals surface area contributed by atoms with Gasteiger partial charge >= 0.3 is 0 Å². The van der Waals surface area contributed by atoms with Crippen molar-refractivity contribution in [2.24, 2.45) is 5.92 Å². The fraction of sp³-hybridized carbons (Fsp3) is 0.435. The normalized spacial score (nSPS) is 18.1. The molecule has 1 aliphatic rings. The van der Waals surface area contributed by atoms with E-state index in [4.69, 9.17) is 14.2 Å². The van der Waals surface area contributed by atoms with Gasteiger partial charge in [0.25, 0.3) is 0 Å². The molecule has 2 atom stereocenters. The Hall–Kier alpha value is -2.77. The van der Waals surface area contributed by atoms with Crippen molar-refractivity contribution < 1.29 is 19.0 Å². The van der Waals surface area contributed by atoms with E-state index >= 15 is 0 Å².